The molecule has 0 aromatic heterocycles. The molecule has 2 saturated heterocycles. The number of fused-ring (bicyclic) bond motifs is 7. The predicted octanol–water partition coefficient (Wildman–Crippen LogP) is 2.28. The van der Waals surface area contributed by atoms with Crippen LogP contribution in [0.25, 0.3) is 0 Å². The van der Waals surface area contributed by atoms with Crippen molar-refractivity contribution in [3.8, 4) is 0 Å². The van der Waals surface area contributed by atoms with Gasteiger partial charge in [0.25, 0.3) is 0 Å². The molecule has 7 rings (SSSR count). The fourth-order valence-corrected chi connectivity index (χ4v) is 13.3. The Labute approximate surface area is 319 Å². The number of aliphatic hydroxyl groups is 8. The van der Waals surface area contributed by atoms with Gasteiger partial charge < -0.3 is 59.8 Å². The minimum atomic E-state index is -1.81. The maximum atomic E-state index is 14.5. The molecular formula is C41H66O13. The van der Waals surface area contributed by atoms with Gasteiger partial charge in [-0.2, -0.15) is 0 Å². The Balaban J connectivity index is 1.20. The van der Waals surface area contributed by atoms with Gasteiger partial charge in [-0.05, 0) is 103 Å². The lowest BCUT2D eigenvalue weighted by molar-refractivity contribution is -0.334. The topological polar surface area (TPSA) is 216 Å². The molecule has 7 aliphatic rings. The van der Waals surface area contributed by atoms with E-state index in [0.29, 0.717) is 19.3 Å². The van der Waals surface area contributed by atoms with Crippen LogP contribution >= 0.6 is 0 Å². The number of rotatable bonds is 5. The molecular weight excluding hydrogens is 700 g/mol. The molecule has 6 fully saturated rings. The summed E-state index contributed by atoms with van der Waals surface area (Å²) < 4.78 is 23.3. The minimum Gasteiger partial charge on any atom is -0.432 e. The maximum absolute atomic E-state index is 14.5. The number of esters is 1. The van der Waals surface area contributed by atoms with Crippen molar-refractivity contribution < 1.29 is 64.6 Å². The van der Waals surface area contributed by atoms with E-state index in [9.17, 15) is 45.6 Å². The van der Waals surface area contributed by atoms with E-state index in [1.807, 2.05) is 0 Å². The number of carbonyl (C=O) groups excluding carboxylic acids is 1. The fraction of sp³-hybridized carbons (Fsp3) is 0.927. The van der Waals surface area contributed by atoms with Crippen molar-refractivity contribution >= 4 is 5.97 Å². The van der Waals surface area contributed by atoms with E-state index in [4.69, 9.17) is 18.9 Å². The SMILES string of the molecule is CC1(C)CCC2(C(=O)OC3OC(O)C(O)C(O)C3O)CCC3(C)C(=CCC4C3(C)CCC3(C)C(C)(CO)C(OC5OCC(O)C(O)C5O)CCC43C)C2C1. The van der Waals surface area contributed by atoms with Gasteiger partial charge in [-0.15, -0.1) is 0 Å². The average Bonchev–Trinajstić information content (AvgIpc) is 3.12. The van der Waals surface area contributed by atoms with Gasteiger partial charge in [-0.25, -0.2) is 0 Å². The second kappa shape index (κ2) is 13.4. The minimum absolute atomic E-state index is 0.0369. The monoisotopic (exact) mass is 766 g/mol. The van der Waals surface area contributed by atoms with Crippen LogP contribution in [0.4, 0.5) is 0 Å². The normalized spacial score (nSPS) is 55.6. The summed E-state index contributed by atoms with van der Waals surface area (Å²) in [5, 5.41) is 83.6. The molecule has 4 saturated carbocycles. The standard InChI is InChI=1S/C41H66O13/c1-35(2)12-16-41(34(50)54-33-30(48)27(45)28(46)31(49)53-33)17-14-36(3)21(22(41)18-35)8-9-24-37(36,4)13-15-40(7)38(24,5)11-10-25(39(40,6)20-42)52-32-29(47)26(44)23(43)19-51-32/h8,22-33,42-49H,9-20H2,1-7H3. The number of aliphatic hydroxyl groups excluding tert-OH is 8. The highest BCUT2D eigenvalue weighted by atomic mass is 16.8. The van der Waals surface area contributed by atoms with Crippen molar-refractivity contribution in [3.63, 3.8) is 0 Å². The predicted molar refractivity (Wildman–Crippen MR) is 193 cm³/mol. The van der Waals surface area contributed by atoms with Crippen LogP contribution in [0.5, 0.6) is 0 Å². The molecule has 2 heterocycles. The van der Waals surface area contributed by atoms with Gasteiger partial charge in [0.1, 0.15) is 36.6 Å². The first-order valence-electron chi connectivity index (χ1n) is 20.3. The second-order valence-electron chi connectivity index (χ2n) is 20.3. The number of allylic oxidation sites excluding steroid dienone is 2. The van der Waals surface area contributed by atoms with E-state index in [2.05, 4.69) is 54.5 Å². The first kappa shape index (κ1) is 40.9. The summed E-state index contributed by atoms with van der Waals surface area (Å²) in [4.78, 5) is 14.5. The van der Waals surface area contributed by atoms with Gasteiger partial charge >= 0.3 is 5.97 Å². The quantitative estimate of drug-likeness (QED) is 0.115. The molecule has 0 aromatic carbocycles. The van der Waals surface area contributed by atoms with Crippen LogP contribution in [0.2, 0.25) is 0 Å². The third-order valence-electron chi connectivity index (χ3n) is 17.7. The third-order valence-corrected chi connectivity index (χ3v) is 17.7. The second-order valence-corrected chi connectivity index (χ2v) is 20.3. The first-order chi connectivity index (χ1) is 25.1. The molecule has 0 amide bonds. The number of carbonyl (C=O) groups is 1. The van der Waals surface area contributed by atoms with Gasteiger partial charge in [0.05, 0.1) is 24.7 Å². The van der Waals surface area contributed by atoms with Crippen molar-refractivity contribution in [2.45, 2.75) is 174 Å². The van der Waals surface area contributed by atoms with Crippen LogP contribution in [0, 0.1) is 49.7 Å². The van der Waals surface area contributed by atoms with Gasteiger partial charge in [-0.3, -0.25) is 4.79 Å². The van der Waals surface area contributed by atoms with Crippen LogP contribution in [-0.2, 0) is 23.7 Å². The molecule has 308 valence electrons. The Morgan fingerprint density at radius 1 is 0.778 bits per heavy atom. The molecule has 54 heavy (non-hydrogen) atoms. The molecule has 13 heteroatoms. The van der Waals surface area contributed by atoms with Gasteiger partial charge in [-0.1, -0.05) is 60.1 Å². The molecule has 18 unspecified atom stereocenters. The van der Waals surface area contributed by atoms with Gasteiger partial charge in [0.15, 0.2) is 12.6 Å². The largest absolute Gasteiger partial charge is 0.432 e. The lowest BCUT2D eigenvalue weighted by Gasteiger charge is -2.74. The zero-order valence-electron chi connectivity index (χ0n) is 33.1. The Bertz CT molecular complexity index is 1490. The lowest BCUT2D eigenvalue weighted by atomic mass is 9.30. The number of hydrogen-bond donors (Lipinski definition) is 8. The summed E-state index contributed by atoms with van der Waals surface area (Å²) in [6.45, 7) is 15.8. The number of hydrogen-bond acceptors (Lipinski definition) is 13. The zero-order chi connectivity index (χ0) is 39.6. The maximum Gasteiger partial charge on any atom is 0.315 e. The summed E-state index contributed by atoms with van der Waals surface area (Å²) >= 11 is 0. The van der Waals surface area contributed by atoms with Crippen molar-refractivity contribution in [1.82, 2.24) is 0 Å². The summed E-state index contributed by atoms with van der Waals surface area (Å²) in [5.74, 6) is -0.392. The Morgan fingerprint density at radius 2 is 1.44 bits per heavy atom. The van der Waals surface area contributed by atoms with E-state index >= 15 is 0 Å². The fourth-order valence-electron chi connectivity index (χ4n) is 13.3. The van der Waals surface area contributed by atoms with Crippen LogP contribution in [-0.4, -0.2) is 122 Å². The molecule has 18 atom stereocenters. The summed E-state index contributed by atoms with van der Waals surface area (Å²) in [6.07, 6.45) is -4.34. The van der Waals surface area contributed by atoms with E-state index in [-0.39, 0.29) is 52.1 Å². The van der Waals surface area contributed by atoms with E-state index in [1.54, 1.807) is 0 Å². The van der Waals surface area contributed by atoms with Crippen LogP contribution in [0.1, 0.15) is 113 Å². The summed E-state index contributed by atoms with van der Waals surface area (Å²) in [5.41, 5.74) is -1.34. The molecule has 0 bridgehead atoms. The number of ether oxygens (including phenoxy) is 4. The highest BCUT2D eigenvalue weighted by molar-refractivity contribution is 5.79. The first-order valence-corrected chi connectivity index (χ1v) is 20.3. The Kier molecular flexibility index (Phi) is 10.2. The van der Waals surface area contributed by atoms with E-state index in [0.717, 1.165) is 44.9 Å². The smallest absolute Gasteiger partial charge is 0.315 e. The van der Waals surface area contributed by atoms with Crippen molar-refractivity contribution in [3.05, 3.63) is 11.6 Å². The van der Waals surface area contributed by atoms with Crippen molar-refractivity contribution in [2.24, 2.45) is 49.7 Å². The Morgan fingerprint density at radius 3 is 2.13 bits per heavy atom. The molecule has 13 nitrogen and oxygen atoms in total. The third kappa shape index (κ3) is 5.53. The molecule has 5 aliphatic carbocycles. The highest BCUT2D eigenvalue weighted by Gasteiger charge is 2.73. The van der Waals surface area contributed by atoms with Gasteiger partial charge in [0, 0.05) is 5.41 Å². The zero-order valence-corrected chi connectivity index (χ0v) is 33.1. The van der Waals surface area contributed by atoms with Crippen molar-refractivity contribution in [1.29, 1.82) is 0 Å². The average molecular weight is 767 g/mol. The Hall–Kier alpha value is -1.23. The van der Waals surface area contributed by atoms with Gasteiger partial charge in [0.2, 0.25) is 6.29 Å². The summed E-state index contributed by atoms with van der Waals surface area (Å²) in [6, 6.07) is 0. The molecule has 0 radical (unpaired) electrons. The molecule has 8 N–H and O–H groups in total. The van der Waals surface area contributed by atoms with Crippen LogP contribution in [0.15, 0.2) is 11.6 Å². The van der Waals surface area contributed by atoms with Crippen LogP contribution in [0.3, 0.4) is 0 Å². The van der Waals surface area contributed by atoms with E-state index < -0.39 is 78.4 Å². The molecule has 0 spiro atoms. The van der Waals surface area contributed by atoms with Crippen LogP contribution < -0.4 is 0 Å². The highest BCUT2D eigenvalue weighted by Crippen LogP contribution is 2.79. The van der Waals surface area contributed by atoms with E-state index in [1.165, 1.54) is 5.57 Å². The lowest BCUT2D eigenvalue weighted by Crippen LogP contribution is -2.70. The molecule has 2 aliphatic heterocycles. The summed E-state index contributed by atoms with van der Waals surface area (Å²) in [7, 11) is 0. The molecule has 0 aromatic rings. The van der Waals surface area contributed by atoms with Crippen molar-refractivity contribution in [2.75, 3.05) is 13.2 Å².